The highest BCUT2D eigenvalue weighted by Gasteiger charge is 2.18. The second kappa shape index (κ2) is 9.34. The van der Waals surface area contributed by atoms with Crippen LogP contribution in [0.5, 0.6) is 0 Å². The van der Waals surface area contributed by atoms with E-state index in [2.05, 4.69) is 29.4 Å². The maximum absolute atomic E-state index is 12.0. The molecule has 0 bridgehead atoms. The van der Waals surface area contributed by atoms with Crippen molar-refractivity contribution in [3.8, 4) is 0 Å². The molecule has 0 aromatic carbocycles. The van der Waals surface area contributed by atoms with Gasteiger partial charge in [0.1, 0.15) is 0 Å². The van der Waals surface area contributed by atoms with E-state index in [1.807, 2.05) is 0 Å². The molecular weight excluding hydrogens is 226 g/mol. The van der Waals surface area contributed by atoms with Gasteiger partial charge in [-0.15, -0.1) is 0 Å². The summed E-state index contributed by atoms with van der Waals surface area (Å²) in [6, 6.07) is 0.0359. The molecule has 1 heterocycles. The number of hydrogen-bond donors (Lipinski definition) is 2. The van der Waals surface area contributed by atoms with Gasteiger partial charge in [-0.3, -0.25) is 4.79 Å². The number of amides is 1. The summed E-state index contributed by atoms with van der Waals surface area (Å²) in [6.07, 6.45) is 5.77. The standard InChI is InChI=1S/C14H29N3O/c1-3-11-17(4-2)12-10-16-14(18)13-8-6-5-7-9-15-13/h13,15H,3-12H2,1-2H3,(H,16,18). The quantitative estimate of drug-likeness (QED) is 0.722. The first-order valence-corrected chi connectivity index (χ1v) is 7.51. The Kier molecular flexibility index (Phi) is 8.01. The average Bonchev–Trinajstić information content (AvgIpc) is 2.66. The van der Waals surface area contributed by atoms with Crippen molar-refractivity contribution >= 4 is 5.91 Å². The summed E-state index contributed by atoms with van der Waals surface area (Å²) in [6.45, 7) is 9.25. The minimum absolute atomic E-state index is 0.0359. The zero-order valence-corrected chi connectivity index (χ0v) is 12.0. The molecule has 1 rings (SSSR count). The van der Waals surface area contributed by atoms with E-state index in [9.17, 15) is 4.79 Å². The van der Waals surface area contributed by atoms with Crippen LogP contribution in [-0.2, 0) is 4.79 Å². The van der Waals surface area contributed by atoms with Gasteiger partial charge in [0.05, 0.1) is 6.04 Å². The fourth-order valence-electron chi connectivity index (χ4n) is 2.46. The van der Waals surface area contributed by atoms with Crippen LogP contribution < -0.4 is 10.6 Å². The maximum atomic E-state index is 12.0. The van der Waals surface area contributed by atoms with Crippen molar-refractivity contribution < 1.29 is 4.79 Å². The van der Waals surface area contributed by atoms with E-state index in [-0.39, 0.29) is 11.9 Å². The predicted octanol–water partition coefficient (Wildman–Crippen LogP) is 1.37. The highest BCUT2D eigenvalue weighted by molar-refractivity contribution is 5.81. The van der Waals surface area contributed by atoms with E-state index in [4.69, 9.17) is 0 Å². The van der Waals surface area contributed by atoms with Gasteiger partial charge in [-0.05, 0) is 38.9 Å². The molecule has 2 N–H and O–H groups in total. The van der Waals surface area contributed by atoms with Crippen molar-refractivity contribution in [2.24, 2.45) is 0 Å². The summed E-state index contributed by atoms with van der Waals surface area (Å²) in [4.78, 5) is 14.4. The molecule has 1 fully saturated rings. The molecule has 0 radical (unpaired) electrons. The zero-order valence-electron chi connectivity index (χ0n) is 12.0. The van der Waals surface area contributed by atoms with Gasteiger partial charge in [0.2, 0.25) is 5.91 Å². The molecular formula is C14H29N3O. The second-order valence-electron chi connectivity index (χ2n) is 5.08. The highest BCUT2D eigenvalue weighted by atomic mass is 16.2. The fourth-order valence-corrected chi connectivity index (χ4v) is 2.46. The van der Waals surface area contributed by atoms with Crippen LogP contribution in [0.2, 0.25) is 0 Å². The van der Waals surface area contributed by atoms with Gasteiger partial charge in [-0.2, -0.15) is 0 Å². The van der Waals surface area contributed by atoms with Crippen molar-refractivity contribution in [2.45, 2.75) is 52.0 Å². The second-order valence-corrected chi connectivity index (χ2v) is 5.08. The average molecular weight is 255 g/mol. The largest absolute Gasteiger partial charge is 0.353 e. The van der Waals surface area contributed by atoms with Crippen LogP contribution in [0.15, 0.2) is 0 Å². The summed E-state index contributed by atoms with van der Waals surface area (Å²) < 4.78 is 0. The molecule has 18 heavy (non-hydrogen) atoms. The molecule has 0 spiro atoms. The van der Waals surface area contributed by atoms with E-state index < -0.39 is 0 Å². The van der Waals surface area contributed by atoms with Crippen LogP contribution in [-0.4, -0.2) is 49.6 Å². The van der Waals surface area contributed by atoms with Gasteiger partial charge in [-0.25, -0.2) is 0 Å². The summed E-state index contributed by atoms with van der Waals surface area (Å²) in [5.74, 6) is 0.185. The number of likely N-dealkylation sites (N-methyl/N-ethyl adjacent to an activating group) is 1. The van der Waals surface area contributed by atoms with E-state index in [0.29, 0.717) is 0 Å². The molecule has 1 amide bonds. The Hall–Kier alpha value is -0.610. The Bertz CT molecular complexity index is 225. The maximum Gasteiger partial charge on any atom is 0.237 e. The monoisotopic (exact) mass is 255 g/mol. The molecule has 1 aliphatic rings. The third-order valence-electron chi connectivity index (χ3n) is 3.59. The number of nitrogens with zero attached hydrogens (tertiary/aromatic N) is 1. The van der Waals surface area contributed by atoms with Crippen LogP contribution in [0.4, 0.5) is 0 Å². The lowest BCUT2D eigenvalue weighted by molar-refractivity contribution is -0.123. The van der Waals surface area contributed by atoms with E-state index in [1.165, 1.54) is 25.7 Å². The van der Waals surface area contributed by atoms with Gasteiger partial charge < -0.3 is 15.5 Å². The Morgan fingerprint density at radius 2 is 2.11 bits per heavy atom. The van der Waals surface area contributed by atoms with Gasteiger partial charge >= 0.3 is 0 Å². The normalized spacial score (nSPS) is 20.7. The zero-order chi connectivity index (χ0) is 13.2. The van der Waals surface area contributed by atoms with Crippen molar-refractivity contribution in [1.29, 1.82) is 0 Å². The lowest BCUT2D eigenvalue weighted by Gasteiger charge is -2.21. The topological polar surface area (TPSA) is 44.4 Å². The molecule has 1 atom stereocenters. The van der Waals surface area contributed by atoms with Gasteiger partial charge in [0.25, 0.3) is 0 Å². The number of hydrogen-bond acceptors (Lipinski definition) is 3. The number of carbonyl (C=O) groups excluding carboxylic acids is 1. The summed E-state index contributed by atoms with van der Waals surface area (Å²) in [7, 11) is 0. The minimum Gasteiger partial charge on any atom is -0.353 e. The molecule has 0 aromatic rings. The highest BCUT2D eigenvalue weighted by Crippen LogP contribution is 2.08. The minimum atomic E-state index is 0.0359. The molecule has 106 valence electrons. The van der Waals surface area contributed by atoms with Crippen LogP contribution >= 0.6 is 0 Å². The van der Waals surface area contributed by atoms with E-state index in [1.54, 1.807) is 0 Å². The number of carbonyl (C=O) groups is 1. The summed E-state index contributed by atoms with van der Waals surface area (Å²) >= 11 is 0. The first-order chi connectivity index (χ1) is 8.77. The number of rotatable bonds is 7. The van der Waals surface area contributed by atoms with Gasteiger partial charge in [0, 0.05) is 13.1 Å². The number of nitrogens with one attached hydrogen (secondary N) is 2. The Labute approximate surface area is 111 Å². The third kappa shape index (κ3) is 5.83. The van der Waals surface area contributed by atoms with Crippen molar-refractivity contribution in [2.75, 3.05) is 32.7 Å². The first-order valence-electron chi connectivity index (χ1n) is 7.51. The SMILES string of the molecule is CCCN(CC)CCNC(=O)C1CCCCCN1. The van der Waals surface area contributed by atoms with Crippen LogP contribution in [0.3, 0.4) is 0 Å². The molecule has 0 aliphatic carbocycles. The molecule has 1 unspecified atom stereocenters. The molecule has 4 nitrogen and oxygen atoms in total. The van der Waals surface area contributed by atoms with Crippen molar-refractivity contribution in [3.63, 3.8) is 0 Å². The molecule has 1 saturated heterocycles. The molecule has 0 saturated carbocycles. The molecule has 0 aromatic heterocycles. The van der Waals surface area contributed by atoms with Crippen LogP contribution in [0, 0.1) is 0 Å². The van der Waals surface area contributed by atoms with Gasteiger partial charge in [0.15, 0.2) is 0 Å². The van der Waals surface area contributed by atoms with Crippen LogP contribution in [0.1, 0.15) is 46.0 Å². The molecule has 1 aliphatic heterocycles. The molecule has 4 heteroatoms. The smallest absolute Gasteiger partial charge is 0.237 e. The Morgan fingerprint density at radius 1 is 1.28 bits per heavy atom. The lowest BCUT2D eigenvalue weighted by atomic mass is 10.1. The van der Waals surface area contributed by atoms with Crippen LogP contribution in [0.25, 0.3) is 0 Å². The van der Waals surface area contributed by atoms with Crippen molar-refractivity contribution in [3.05, 3.63) is 0 Å². The summed E-state index contributed by atoms with van der Waals surface area (Å²) in [5, 5.41) is 6.39. The van der Waals surface area contributed by atoms with E-state index >= 15 is 0 Å². The third-order valence-corrected chi connectivity index (χ3v) is 3.59. The first kappa shape index (κ1) is 15.4. The lowest BCUT2D eigenvalue weighted by Crippen LogP contribution is -2.45. The van der Waals surface area contributed by atoms with Gasteiger partial charge in [-0.1, -0.05) is 26.7 Å². The fraction of sp³-hybridized carbons (Fsp3) is 0.929. The predicted molar refractivity (Wildman–Crippen MR) is 75.7 cm³/mol. The summed E-state index contributed by atoms with van der Waals surface area (Å²) in [5.41, 5.74) is 0. The Balaban J connectivity index is 2.18. The van der Waals surface area contributed by atoms with E-state index in [0.717, 1.165) is 39.1 Å². The van der Waals surface area contributed by atoms with Crippen molar-refractivity contribution in [1.82, 2.24) is 15.5 Å². The Morgan fingerprint density at radius 3 is 2.83 bits per heavy atom.